The first-order valence-corrected chi connectivity index (χ1v) is 8.47. The quantitative estimate of drug-likeness (QED) is 0.421. The molecule has 0 bridgehead atoms. The second-order valence-electron chi connectivity index (χ2n) is 5.15. The first-order chi connectivity index (χ1) is 12.7. The zero-order valence-corrected chi connectivity index (χ0v) is 15.1. The highest BCUT2D eigenvalue weighted by Gasteiger charge is 2.17. The largest absolute Gasteiger partial charge is 0.310 e. The zero-order chi connectivity index (χ0) is 18.5. The molecule has 0 saturated heterocycles. The molecule has 3 rings (SSSR count). The molecule has 0 spiro atoms. The first-order valence-electron chi connectivity index (χ1n) is 7.66. The van der Waals surface area contributed by atoms with E-state index in [2.05, 4.69) is 43.6 Å². The Hall–Kier alpha value is -3.51. The van der Waals surface area contributed by atoms with Gasteiger partial charge >= 0.3 is 0 Å². The summed E-state index contributed by atoms with van der Waals surface area (Å²) in [5.41, 5.74) is 4.82. The van der Waals surface area contributed by atoms with Crippen molar-refractivity contribution in [3.63, 3.8) is 0 Å². The highest BCUT2D eigenvalue weighted by Crippen LogP contribution is 2.35. The Balaban J connectivity index is 2.12. The molecule has 8 nitrogen and oxygen atoms in total. The van der Waals surface area contributed by atoms with E-state index in [1.54, 1.807) is 19.3 Å². The van der Waals surface area contributed by atoms with E-state index in [1.807, 2.05) is 35.9 Å². The van der Waals surface area contributed by atoms with Crippen LogP contribution in [0.15, 0.2) is 46.8 Å². The van der Waals surface area contributed by atoms with Crippen molar-refractivity contribution in [2.75, 3.05) is 12.4 Å². The van der Waals surface area contributed by atoms with Crippen LogP contribution in [0.5, 0.6) is 0 Å². The topological polar surface area (TPSA) is 103 Å². The van der Waals surface area contributed by atoms with Gasteiger partial charge in [0.2, 0.25) is 5.96 Å². The predicted molar refractivity (Wildman–Crippen MR) is 104 cm³/mol. The van der Waals surface area contributed by atoms with Gasteiger partial charge in [-0.25, -0.2) is 15.0 Å². The maximum Gasteiger partial charge on any atom is 0.245 e. The van der Waals surface area contributed by atoms with Gasteiger partial charge in [0.05, 0.1) is 11.6 Å². The van der Waals surface area contributed by atoms with E-state index in [0.717, 1.165) is 22.1 Å². The molecule has 2 aromatic heterocycles. The molecule has 9 heteroatoms. The number of hydrazone groups is 1. The van der Waals surface area contributed by atoms with Crippen LogP contribution in [0, 0.1) is 18.3 Å². The van der Waals surface area contributed by atoms with Crippen molar-refractivity contribution in [3.8, 4) is 22.3 Å². The number of thiazole rings is 1. The number of guanidine groups is 1. The molecule has 0 amide bonds. The molecule has 0 unspecified atom stereocenters. The number of imidazole rings is 1. The van der Waals surface area contributed by atoms with Crippen molar-refractivity contribution in [1.82, 2.24) is 20.0 Å². The Kier molecular flexibility index (Phi) is 5.05. The van der Waals surface area contributed by atoms with Gasteiger partial charge in [-0.2, -0.15) is 5.26 Å². The molecule has 0 fully saturated rings. The van der Waals surface area contributed by atoms with Crippen LogP contribution in [0.3, 0.4) is 0 Å². The van der Waals surface area contributed by atoms with E-state index in [4.69, 9.17) is 0 Å². The summed E-state index contributed by atoms with van der Waals surface area (Å²) in [7, 11) is 1.67. The molecule has 2 N–H and O–H groups in total. The summed E-state index contributed by atoms with van der Waals surface area (Å²) in [4.78, 5) is 12.8. The molecule has 130 valence electrons. The number of rotatable bonds is 4. The van der Waals surface area contributed by atoms with Crippen molar-refractivity contribution in [2.24, 2.45) is 10.1 Å². The smallest absolute Gasteiger partial charge is 0.245 e. The number of anilines is 1. The molecule has 0 radical (unpaired) electrons. The molecule has 0 aliphatic rings. The van der Waals surface area contributed by atoms with Gasteiger partial charge in [0, 0.05) is 25.0 Å². The Morgan fingerprint density at radius 1 is 1.42 bits per heavy atom. The van der Waals surface area contributed by atoms with Gasteiger partial charge in [-0.05, 0) is 25.8 Å². The Morgan fingerprint density at radius 2 is 2.27 bits per heavy atom. The number of benzene rings is 1. The minimum absolute atomic E-state index is 0.312. The van der Waals surface area contributed by atoms with E-state index in [1.165, 1.54) is 11.3 Å². The van der Waals surface area contributed by atoms with Crippen LogP contribution < -0.4 is 10.7 Å². The molecule has 1 aromatic carbocycles. The molecule has 26 heavy (non-hydrogen) atoms. The second-order valence-corrected chi connectivity index (χ2v) is 6.13. The maximum absolute atomic E-state index is 9.18. The molecular weight excluding hydrogens is 348 g/mol. The van der Waals surface area contributed by atoms with E-state index in [9.17, 15) is 5.26 Å². The number of nitriles is 1. The number of aromatic nitrogens is 3. The first kappa shape index (κ1) is 17.3. The molecule has 0 atom stereocenters. The lowest BCUT2D eigenvalue weighted by molar-refractivity contribution is 0.897. The van der Waals surface area contributed by atoms with Crippen LogP contribution in [-0.4, -0.2) is 34.3 Å². The number of hydrogen-bond acceptors (Lipinski definition) is 6. The zero-order valence-electron chi connectivity index (χ0n) is 14.3. The summed E-state index contributed by atoms with van der Waals surface area (Å²) in [6, 6.07) is 9.48. The van der Waals surface area contributed by atoms with Gasteiger partial charge in [0.15, 0.2) is 5.13 Å². The fraction of sp³-hybridized carbons (Fsp3) is 0.118. The number of aryl methyl sites for hydroxylation is 1. The number of nitrogens with zero attached hydrogens (tertiary/aromatic N) is 6. The van der Waals surface area contributed by atoms with Crippen LogP contribution >= 0.6 is 11.3 Å². The molecule has 0 aliphatic carbocycles. The summed E-state index contributed by atoms with van der Waals surface area (Å²) in [6.45, 7) is 5.41. The Labute approximate surface area is 154 Å². The summed E-state index contributed by atoms with van der Waals surface area (Å²) in [5.74, 6) is 1.15. The van der Waals surface area contributed by atoms with Crippen molar-refractivity contribution in [3.05, 3.63) is 48.0 Å². The van der Waals surface area contributed by atoms with Crippen LogP contribution in [0.25, 0.3) is 16.3 Å². The van der Waals surface area contributed by atoms with Gasteiger partial charge in [-0.1, -0.05) is 23.5 Å². The van der Waals surface area contributed by atoms with Gasteiger partial charge < -0.3 is 5.43 Å². The number of aliphatic imine (C=N–C) groups is 1. The van der Waals surface area contributed by atoms with E-state index >= 15 is 0 Å². The molecule has 0 saturated carbocycles. The average Bonchev–Trinajstić information content (AvgIpc) is 3.27. The van der Waals surface area contributed by atoms with Crippen LogP contribution in [-0.2, 0) is 0 Å². The van der Waals surface area contributed by atoms with Crippen LogP contribution in [0.2, 0.25) is 0 Å². The van der Waals surface area contributed by atoms with Crippen molar-refractivity contribution in [2.45, 2.75) is 6.92 Å². The van der Waals surface area contributed by atoms with Crippen molar-refractivity contribution >= 4 is 29.1 Å². The molecule has 3 aromatic rings. The SMILES string of the molecule is C=N/C(=N\NC)Nc1nc(-c2cccc(C#N)c2)c(-n2ccnc2C)s1. The van der Waals surface area contributed by atoms with Gasteiger partial charge in [0.1, 0.15) is 16.5 Å². The van der Waals surface area contributed by atoms with Crippen LogP contribution in [0.4, 0.5) is 5.13 Å². The van der Waals surface area contributed by atoms with E-state index in [-0.39, 0.29) is 0 Å². The number of nitrogens with one attached hydrogen (secondary N) is 2. The lowest BCUT2D eigenvalue weighted by Crippen LogP contribution is -2.12. The van der Waals surface area contributed by atoms with Gasteiger partial charge in [0.25, 0.3) is 0 Å². The highest BCUT2D eigenvalue weighted by molar-refractivity contribution is 7.18. The Morgan fingerprint density at radius 3 is 2.92 bits per heavy atom. The normalized spacial score (nSPS) is 11.0. The minimum atomic E-state index is 0.312. The lowest BCUT2D eigenvalue weighted by atomic mass is 10.1. The van der Waals surface area contributed by atoms with Crippen molar-refractivity contribution < 1.29 is 0 Å². The average molecular weight is 364 g/mol. The third kappa shape index (κ3) is 3.45. The molecule has 2 heterocycles. The van der Waals surface area contributed by atoms with Crippen molar-refractivity contribution in [1.29, 1.82) is 5.26 Å². The van der Waals surface area contributed by atoms with E-state index in [0.29, 0.717) is 16.7 Å². The van der Waals surface area contributed by atoms with Gasteiger partial charge in [-0.15, -0.1) is 5.10 Å². The predicted octanol–water partition coefficient (Wildman–Crippen LogP) is 2.78. The summed E-state index contributed by atoms with van der Waals surface area (Å²) < 4.78 is 1.95. The molecular formula is C17H16N8S. The minimum Gasteiger partial charge on any atom is -0.310 e. The standard InChI is InChI=1S/C17H16N8S/c1-11-21-7-8-25(11)15-14(13-6-4-5-12(9-13)10-18)22-17(26-15)23-16(19-2)24-20-3/h4-9,20H,2H2,1,3H3,(H,22,23,24). The summed E-state index contributed by atoms with van der Waals surface area (Å²) in [5, 5.41) is 17.7. The number of hydrogen-bond donors (Lipinski definition) is 2. The monoisotopic (exact) mass is 364 g/mol. The third-order valence-electron chi connectivity index (χ3n) is 3.51. The Bertz CT molecular complexity index is 1010. The third-order valence-corrected chi connectivity index (χ3v) is 4.48. The van der Waals surface area contributed by atoms with E-state index < -0.39 is 0 Å². The lowest BCUT2D eigenvalue weighted by Gasteiger charge is -2.05. The van der Waals surface area contributed by atoms with Gasteiger partial charge in [-0.3, -0.25) is 9.88 Å². The molecule has 0 aliphatic heterocycles. The summed E-state index contributed by atoms with van der Waals surface area (Å²) in [6.07, 6.45) is 3.61. The summed E-state index contributed by atoms with van der Waals surface area (Å²) >= 11 is 1.43. The second kappa shape index (κ2) is 7.58. The highest BCUT2D eigenvalue weighted by atomic mass is 32.1. The fourth-order valence-electron chi connectivity index (χ4n) is 2.35. The van der Waals surface area contributed by atoms with Crippen LogP contribution in [0.1, 0.15) is 11.4 Å². The fourth-order valence-corrected chi connectivity index (χ4v) is 3.36. The maximum atomic E-state index is 9.18.